The highest BCUT2D eigenvalue weighted by Crippen LogP contribution is 2.36. The summed E-state index contributed by atoms with van der Waals surface area (Å²) >= 11 is 0. The highest BCUT2D eigenvalue weighted by molar-refractivity contribution is 5.78. The Hall–Kier alpha value is -2.54. The Morgan fingerprint density at radius 2 is 1.96 bits per heavy atom. The molecular formula is C20H24N2O5. The highest BCUT2D eigenvalue weighted by atomic mass is 16.7. The molecule has 4 rings (SSSR count). The average molecular weight is 372 g/mol. The van der Waals surface area contributed by atoms with Gasteiger partial charge in [0.2, 0.25) is 12.7 Å². The van der Waals surface area contributed by atoms with Crippen molar-refractivity contribution in [1.29, 1.82) is 0 Å². The Labute approximate surface area is 158 Å². The van der Waals surface area contributed by atoms with Crippen molar-refractivity contribution in [2.45, 2.75) is 51.8 Å². The lowest BCUT2D eigenvalue weighted by Gasteiger charge is -2.39. The van der Waals surface area contributed by atoms with Gasteiger partial charge in [-0.3, -0.25) is 4.79 Å². The van der Waals surface area contributed by atoms with Crippen molar-refractivity contribution in [2.24, 2.45) is 0 Å². The quantitative estimate of drug-likeness (QED) is 0.801. The van der Waals surface area contributed by atoms with E-state index in [1.54, 1.807) is 0 Å². The molecule has 0 spiro atoms. The van der Waals surface area contributed by atoms with E-state index in [4.69, 9.17) is 18.7 Å². The number of benzene rings is 1. The summed E-state index contributed by atoms with van der Waals surface area (Å²) in [4.78, 5) is 14.4. The van der Waals surface area contributed by atoms with Crippen molar-refractivity contribution in [1.82, 2.24) is 10.1 Å². The van der Waals surface area contributed by atoms with Gasteiger partial charge in [-0.25, -0.2) is 0 Å². The van der Waals surface area contributed by atoms with Crippen LogP contribution >= 0.6 is 0 Å². The molecule has 0 bridgehead atoms. The molecule has 0 radical (unpaired) electrons. The summed E-state index contributed by atoms with van der Waals surface area (Å²) in [5.74, 6) is 2.07. The number of hydrogen-bond acceptors (Lipinski definition) is 6. The van der Waals surface area contributed by atoms with E-state index < -0.39 is 0 Å². The first kappa shape index (κ1) is 17.9. The van der Waals surface area contributed by atoms with Crippen LogP contribution in [0, 0.1) is 0 Å². The van der Waals surface area contributed by atoms with E-state index in [1.807, 2.05) is 29.2 Å². The molecule has 1 amide bonds. The Balaban J connectivity index is 1.33. The smallest absolute Gasteiger partial charge is 0.249 e. The summed E-state index contributed by atoms with van der Waals surface area (Å²) in [6.45, 7) is 4.72. The number of aromatic nitrogens is 1. The maximum Gasteiger partial charge on any atom is 0.249 e. The van der Waals surface area contributed by atoms with Gasteiger partial charge in [0.15, 0.2) is 17.3 Å². The molecular weight excluding hydrogens is 348 g/mol. The summed E-state index contributed by atoms with van der Waals surface area (Å²) in [6.07, 6.45) is 3.28. The van der Waals surface area contributed by atoms with Crippen LogP contribution in [0.15, 0.2) is 28.8 Å². The van der Waals surface area contributed by atoms with E-state index in [0.717, 1.165) is 24.2 Å². The first-order chi connectivity index (χ1) is 13.1. The fourth-order valence-corrected chi connectivity index (χ4v) is 3.80. The maximum absolute atomic E-state index is 12.5. The van der Waals surface area contributed by atoms with Gasteiger partial charge < -0.3 is 23.6 Å². The van der Waals surface area contributed by atoms with E-state index in [2.05, 4.69) is 19.0 Å². The van der Waals surface area contributed by atoms with Crippen molar-refractivity contribution >= 4 is 5.91 Å². The molecule has 0 saturated carbocycles. The van der Waals surface area contributed by atoms with Crippen LogP contribution in [-0.4, -0.2) is 41.4 Å². The van der Waals surface area contributed by atoms with E-state index >= 15 is 0 Å². The minimum atomic E-state index is 0.0363. The summed E-state index contributed by atoms with van der Waals surface area (Å²) in [6, 6.07) is 7.95. The van der Waals surface area contributed by atoms with Crippen LogP contribution in [0.25, 0.3) is 11.3 Å². The van der Waals surface area contributed by atoms with Crippen LogP contribution in [-0.2, 0) is 16.1 Å². The second-order valence-corrected chi connectivity index (χ2v) is 7.17. The summed E-state index contributed by atoms with van der Waals surface area (Å²) < 4.78 is 21.7. The normalized spacial score (nSPS) is 21.5. The van der Waals surface area contributed by atoms with Crippen LogP contribution in [0.2, 0.25) is 0 Å². The lowest BCUT2D eigenvalue weighted by Crippen LogP contribution is -2.48. The summed E-state index contributed by atoms with van der Waals surface area (Å²) in [5.41, 5.74) is 1.50. The first-order valence-electron chi connectivity index (χ1n) is 9.36. The number of hydrogen-bond donors (Lipinski definition) is 0. The van der Waals surface area contributed by atoms with Crippen molar-refractivity contribution in [3.8, 4) is 22.8 Å². The molecule has 2 atom stereocenters. The van der Waals surface area contributed by atoms with Gasteiger partial charge in [-0.05, 0) is 51.3 Å². The molecule has 144 valence electrons. The first-order valence-corrected chi connectivity index (χ1v) is 9.36. The molecule has 1 aromatic carbocycles. The Morgan fingerprint density at radius 3 is 2.78 bits per heavy atom. The predicted molar refractivity (Wildman–Crippen MR) is 97.3 cm³/mol. The van der Waals surface area contributed by atoms with E-state index in [9.17, 15) is 4.79 Å². The number of piperidine rings is 1. The number of ether oxygens (including phenoxy) is 3. The third-order valence-electron chi connectivity index (χ3n) is 5.17. The van der Waals surface area contributed by atoms with Gasteiger partial charge in [0.05, 0.1) is 6.61 Å². The number of carbonyl (C=O) groups excluding carboxylic acids is 1. The van der Waals surface area contributed by atoms with Gasteiger partial charge in [-0.15, -0.1) is 0 Å². The molecule has 0 N–H and O–H groups in total. The van der Waals surface area contributed by atoms with Crippen molar-refractivity contribution < 1.29 is 23.5 Å². The molecule has 7 nitrogen and oxygen atoms in total. The molecule has 27 heavy (non-hydrogen) atoms. The van der Waals surface area contributed by atoms with Gasteiger partial charge in [-0.2, -0.15) is 0 Å². The highest BCUT2D eigenvalue weighted by Gasteiger charge is 2.28. The van der Waals surface area contributed by atoms with Crippen molar-refractivity contribution in [3.05, 3.63) is 30.0 Å². The third kappa shape index (κ3) is 3.78. The fourth-order valence-electron chi connectivity index (χ4n) is 3.80. The lowest BCUT2D eigenvalue weighted by atomic mass is 9.97. The van der Waals surface area contributed by atoms with Gasteiger partial charge in [0, 0.05) is 23.7 Å². The molecule has 0 aliphatic carbocycles. The topological polar surface area (TPSA) is 74.0 Å². The lowest BCUT2D eigenvalue weighted by molar-refractivity contribution is -0.142. The zero-order valence-corrected chi connectivity index (χ0v) is 15.6. The standard InChI is InChI=1S/C20H24N2O5/c1-13-4-3-5-14(2)22(13)20(23)11-24-10-16-9-18(27-21-16)15-6-7-17-19(8-15)26-12-25-17/h6-9,13-14H,3-5,10-12H2,1-2H3/t13-,14-/m1/s1. The summed E-state index contributed by atoms with van der Waals surface area (Å²) in [7, 11) is 0. The van der Waals surface area contributed by atoms with Crippen LogP contribution in [0.1, 0.15) is 38.8 Å². The zero-order chi connectivity index (χ0) is 18.8. The second kappa shape index (κ2) is 7.60. The molecule has 2 aliphatic heterocycles. The minimum Gasteiger partial charge on any atom is -0.454 e. The van der Waals surface area contributed by atoms with Gasteiger partial charge in [0.25, 0.3) is 0 Å². The Kier molecular flexibility index (Phi) is 5.03. The molecule has 0 unspecified atom stereocenters. The fraction of sp³-hybridized carbons (Fsp3) is 0.500. The number of likely N-dealkylation sites (tertiary alicyclic amines) is 1. The Bertz CT molecular complexity index is 808. The van der Waals surface area contributed by atoms with E-state index in [0.29, 0.717) is 17.2 Å². The monoisotopic (exact) mass is 372 g/mol. The maximum atomic E-state index is 12.5. The van der Waals surface area contributed by atoms with E-state index in [-0.39, 0.29) is 38.0 Å². The molecule has 1 aromatic heterocycles. The third-order valence-corrected chi connectivity index (χ3v) is 5.17. The van der Waals surface area contributed by atoms with Crippen LogP contribution in [0.4, 0.5) is 0 Å². The molecule has 2 aromatic rings. The van der Waals surface area contributed by atoms with Gasteiger partial charge in [-0.1, -0.05) is 5.16 Å². The van der Waals surface area contributed by atoms with Crippen LogP contribution < -0.4 is 9.47 Å². The van der Waals surface area contributed by atoms with Crippen LogP contribution in [0.3, 0.4) is 0 Å². The Morgan fingerprint density at radius 1 is 1.19 bits per heavy atom. The number of nitrogens with zero attached hydrogens (tertiary/aromatic N) is 2. The van der Waals surface area contributed by atoms with Gasteiger partial charge >= 0.3 is 0 Å². The summed E-state index contributed by atoms with van der Waals surface area (Å²) in [5, 5.41) is 4.03. The van der Waals surface area contributed by atoms with Crippen molar-refractivity contribution in [3.63, 3.8) is 0 Å². The van der Waals surface area contributed by atoms with Crippen LogP contribution in [0.5, 0.6) is 11.5 Å². The second-order valence-electron chi connectivity index (χ2n) is 7.17. The molecule has 1 fully saturated rings. The largest absolute Gasteiger partial charge is 0.454 e. The molecule has 3 heterocycles. The predicted octanol–water partition coefficient (Wildman–Crippen LogP) is 3.38. The molecule has 2 aliphatic rings. The SMILES string of the molecule is C[C@@H]1CCC[C@@H](C)N1C(=O)COCc1cc(-c2ccc3c(c2)OCO3)on1. The molecule has 1 saturated heterocycles. The van der Waals surface area contributed by atoms with E-state index in [1.165, 1.54) is 6.42 Å². The average Bonchev–Trinajstić information content (AvgIpc) is 3.30. The number of carbonyl (C=O) groups is 1. The minimum absolute atomic E-state index is 0.0363. The van der Waals surface area contributed by atoms with Crippen molar-refractivity contribution in [2.75, 3.05) is 13.4 Å². The molecule has 7 heteroatoms. The number of rotatable bonds is 5. The van der Waals surface area contributed by atoms with Gasteiger partial charge in [0.1, 0.15) is 12.3 Å². The zero-order valence-electron chi connectivity index (χ0n) is 15.6. The number of amides is 1. The number of fused-ring (bicyclic) bond motifs is 1.